The third kappa shape index (κ3) is 6.67. The van der Waals surface area contributed by atoms with Crippen LogP contribution in [0.25, 0.3) is 11.1 Å². The van der Waals surface area contributed by atoms with E-state index in [0.29, 0.717) is 32.4 Å². The molecule has 0 unspecified atom stereocenters. The van der Waals surface area contributed by atoms with Crippen molar-refractivity contribution in [2.24, 2.45) is 0 Å². The molecule has 0 radical (unpaired) electrons. The first kappa shape index (κ1) is 18.5. The van der Waals surface area contributed by atoms with Crippen molar-refractivity contribution in [1.29, 1.82) is 0 Å². The molecule has 0 spiro atoms. The minimum Gasteiger partial charge on any atom is -0.491 e. The van der Waals surface area contributed by atoms with Crippen molar-refractivity contribution in [2.45, 2.75) is 25.7 Å². The Morgan fingerprint density at radius 1 is 0.920 bits per heavy atom. The summed E-state index contributed by atoms with van der Waals surface area (Å²) in [5, 5.41) is 11.3. The highest BCUT2D eigenvalue weighted by atomic mass is 16.5. The van der Waals surface area contributed by atoms with E-state index in [1.54, 1.807) is 0 Å². The van der Waals surface area contributed by atoms with Crippen LogP contribution in [-0.2, 0) is 9.59 Å². The predicted octanol–water partition coefficient (Wildman–Crippen LogP) is 3.49. The lowest BCUT2D eigenvalue weighted by atomic mass is 10.1. The number of aliphatic carboxylic acids is 1. The van der Waals surface area contributed by atoms with Crippen LogP contribution in [-0.4, -0.2) is 30.1 Å². The monoisotopic (exact) mass is 341 g/mol. The van der Waals surface area contributed by atoms with Gasteiger partial charge in [0.25, 0.3) is 0 Å². The third-order valence-corrected chi connectivity index (χ3v) is 3.70. The van der Waals surface area contributed by atoms with Gasteiger partial charge in [-0.05, 0) is 24.5 Å². The molecule has 5 heteroatoms. The molecule has 1 amide bonds. The van der Waals surface area contributed by atoms with E-state index in [-0.39, 0.29) is 12.3 Å². The van der Waals surface area contributed by atoms with Gasteiger partial charge in [0.05, 0.1) is 6.54 Å². The minimum absolute atomic E-state index is 0.0784. The summed E-state index contributed by atoms with van der Waals surface area (Å²) in [7, 11) is 0. The summed E-state index contributed by atoms with van der Waals surface area (Å²) in [4.78, 5) is 22.1. The molecule has 0 saturated heterocycles. The molecule has 2 N–H and O–H groups in total. The number of benzene rings is 2. The van der Waals surface area contributed by atoms with Gasteiger partial charge in [0.2, 0.25) is 5.91 Å². The smallest absolute Gasteiger partial charge is 0.303 e. The van der Waals surface area contributed by atoms with Crippen LogP contribution in [0.15, 0.2) is 54.6 Å². The van der Waals surface area contributed by atoms with Crippen LogP contribution >= 0.6 is 0 Å². The van der Waals surface area contributed by atoms with Gasteiger partial charge in [0.15, 0.2) is 0 Å². The van der Waals surface area contributed by atoms with Crippen LogP contribution in [0.3, 0.4) is 0 Å². The lowest BCUT2D eigenvalue weighted by Crippen LogP contribution is -2.27. The Labute approximate surface area is 147 Å². The number of para-hydroxylation sites is 1. The van der Waals surface area contributed by atoms with E-state index in [1.165, 1.54) is 0 Å². The third-order valence-electron chi connectivity index (χ3n) is 3.70. The topological polar surface area (TPSA) is 75.6 Å². The minimum atomic E-state index is -0.828. The number of carbonyl (C=O) groups excluding carboxylic acids is 1. The highest BCUT2D eigenvalue weighted by Gasteiger charge is 2.06. The molecule has 0 aliphatic carbocycles. The number of rotatable bonds is 10. The van der Waals surface area contributed by atoms with Crippen molar-refractivity contribution in [1.82, 2.24) is 5.32 Å². The molecule has 132 valence electrons. The maximum atomic E-state index is 11.7. The Hall–Kier alpha value is -2.82. The second-order valence-corrected chi connectivity index (χ2v) is 5.66. The van der Waals surface area contributed by atoms with Gasteiger partial charge in [-0.1, -0.05) is 48.5 Å². The van der Waals surface area contributed by atoms with Gasteiger partial charge >= 0.3 is 5.97 Å². The molecule has 0 saturated carbocycles. The Morgan fingerprint density at radius 3 is 2.36 bits per heavy atom. The zero-order valence-corrected chi connectivity index (χ0v) is 14.1. The molecule has 0 fully saturated rings. The van der Waals surface area contributed by atoms with Gasteiger partial charge in [0.1, 0.15) is 12.4 Å². The molecule has 0 aliphatic heterocycles. The number of carbonyl (C=O) groups is 2. The molecule has 2 aromatic carbocycles. The molecule has 0 atom stereocenters. The summed E-state index contributed by atoms with van der Waals surface area (Å²) in [5.41, 5.74) is 2.10. The summed E-state index contributed by atoms with van der Waals surface area (Å²) in [6.07, 6.45) is 1.54. The van der Waals surface area contributed by atoms with Crippen LogP contribution < -0.4 is 10.1 Å². The fraction of sp³-hybridized carbons (Fsp3) is 0.300. The number of ether oxygens (including phenoxy) is 1. The molecular weight excluding hydrogens is 318 g/mol. The fourth-order valence-corrected chi connectivity index (χ4v) is 2.45. The van der Waals surface area contributed by atoms with Gasteiger partial charge in [-0.15, -0.1) is 0 Å². The standard InChI is InChI=1S/C20H23NO4/c22-19(12-6-7-13-20(23)24)21-14-15-25-18-11-5-4-10-17(18)16-8-2-1-3-9-16/h1-5,8-11H,6-7,12-15H2,(H,21,22)(H,23,24). The number of unbranched alkanes of at least 4 members (excludes halogenated alkanes) is 1. The van der Waals surface area contributed by atoms with Crippen LogP contribution in [0.1, 0.15) is 25.7 Å². The van der Waals surface area contributed by atoms with E-state index in [9.17, 15) is 9.59 Å². The van der Waals surface area contributed by atoms with Gasteiger partial charge in [-0.25, -0.2) is 0 Å². The number of amides is 1. The van der Waals surface area contributed by atoms with E-state index in [0.717, 1.165) is 16.9 Å². The summed E-state index contributed by atoms with van der Waals surface area (Å²) >= 11 is 0. The van der Waals surface area contributed by atoms with Gasteiger partial charge in [0, 0.05) is 18.4 Å². The molecule has 0 heterocycles. The van der Waals surface area contributed by atoms with E-state index in [2.05, 4.69) is 5.32 Å². The van der Waals surface area contributed by atoms with E-state index in [4.69, 9.17) is 9.84 Å². The van der Waals surface area contributed by atoms with E-state index < -0.39 is 5.97 Å². The van der Waals surface area contributed by atoms with Crippen molar-refractivity contribution in [2.75, 3.05) is 13.2 Å². The first-order chi connectivity index (χ1) is 12.2. The maximum Gasteiger partial charge on any atom is 0.303 e. The van der Waals surface area contributed by atoms with Gasteiger partial charge in [-0.3, -0.25) is 9.59 Å². The van der Waals surface area contributed by atoms with Gasteiger partial charge in [-0.2, -0.15) is 0 Å². The second kappa shape index (κ2) is 10.1. The number of hydrogen-bond acceptors (Lipinski definition) is 3. The zero-order valence-electron chi connectivity index (χ0n) is 14.1. The lowest BCUT2D eigenvalue weighted by Gasteiger charge is -2.12. The quantitative estimate of drug-likeness (QED) is 0.649. The van der Waals surface area contributed by atoms with Crippen LogP contribution in [0.5, 0.6) is 5.75 Å². The summed E-state index contributed by atoms with van der Waals surface area (Å²) in [5.74, 6) is -0.124. The Balaban J connectivity index is 1.74. The first-order valence-electron chi connectivity index (χ1n) is 8.42. The normalized spacial score (nSPS) is 10.2. The van der Waals surface area contributed by atoms with Crippen molar-refractivity contribution in [3.63, 3.8) is 0 Å². The average molecular weight is 341 g/mol. The number of nitrogens with one attached hydrogen (secondary N) is 1. The lowest BCUT2D eigenvalue weighted by molar-refractivity contribution is -0.137. The molecule has 2 rings (SSSR count). The molecule has 0 bridgehead atoms. The Kier molecular flexibility index (Phi) is 7.50. The number of carboxylic acid groups (broad SMARTS) is 1. The van der Waals surface area contributed by atoms with Crippen LogP contribution in [0.2, 0.25) is 0 Å². The predicted molar refractivity (Wildman–Crippen MR) is 96.5 cm³/mol. The molecule has 0 aromatic heterocycles. The zero-order chi connectivity index (χ0) is 17.9. The van der Waals surface area contributed by atoms with Crippen molar-refractivity contribution >= 4 is 11.9 Å². The van der Waals surface area contributed by atoms with Crippen molar-refractivity contribution in [3.05, 3.63) is 54.6 Å². The largest absolute Gasteiger partial charge is 0.491 e. The van der Waals surface area contributed by atoms with E-state index in [1.807, 2.05) is 54.6 Å². The molecule has 5 nitrogen and oxygen atoms in total. The SMILES string of the molecule is O=C(O)CCCCC(=O)NCCOc1ccccc1-c1ccccc1. The fourth-order valence-electron chi connectivity index (χ4n) is 2.45. The first-order valence-corrected chi connectivity index (χ1v) is 8.42. The van der Waals surface area contributed by atoms with Gasteiger partial charge < -0.3 is 15.2 Å². The molecular formula is C20H23NO4. The molecule has 2 aromatic rings. The van der Waals surface area contributed by atoms with E-state index >= 15 is 0 Å². The van der Waals surface area contributed by atoms with Crippen LogP contribution in [0, 0.1) is 0 Å². The average Bonchev–Trinajstić information content (AvgIpc) is 2.63. The highest BCUT2D eigenvalue weighted by Crippen LogP contribution is 2.29. The van der Waals surface area contributed by atoms with Crippen molar-refractivity contribution < 1.29 is 19.4 Å². The molecule has 25 heavy (non-hydrogen) atoms. The maximum absolute atomic E-state index is 11.7. The highest BCUT2D eigenvalue weighted by molar-refractivity contribution is 5.76. The summed E-state index contributed by atoms with van der Waals surface area (Å²) in [6.45, 7) is 0.797. The second-order valence-electron chi connectivity index (χ2n) is 5.66. The summed E-state index contributed by atoms with van der Waals surface area (Å²) < 4.78 is 5.81. The summed E-state index contributed by atoms with van der Waals surface area (Å²) in [6, 6.07) is 17.8. The Bertz CT molecular complexity index is 685. The number of carboxylic acids is 1. The Morgan fingerprint density at radius 2 is 1.60 bits per heavy atom. The van der Waals surface area contributed by atoms with Crippen molar-refractivity contribution in [3.8, 4) is 16.9 Å². The van der Waals surface area contributed by atoms with Crippen LogP contribution in [0.4, 0.5) is 0 Å². The number of hydrogen-bond donors (Lipinski definition) is 2. The molecule has 0 aliphatic rings.